The van der Waals surface area contributed by atoms with Crippen LogP contribution in [-0.2, 0) is 16.1 Å². The fourth-order valence-electron chi connectivity index (χ4n) is 1.98. The number of hydrogen-bond donors (Lipinski definition) is 2. The predicted octanol–water partition coefficient (Wildman–Crippen LogP) is 2.00. The third-order valence-electron chi connectivity index (χ3n) is 3.25. The summed E-state index contributed by atoms with van der Waals surface area (Å²) in [4.78, 5) is 27.7. The summed E-state index contributed by atoms with van der Waals surface area (Å²) in [5.74, 6) is -1.05. The SMILES string of the molecule is COC(=O)c1ccccc1N/C=C(/C#N)C(=O)NCc1cccnc1. The molecular weight excluding hydrogens is 320 g/mol. The predicted molar refractivity (Wildman–Crippen MR) is 91.2 cm³/mol. The molecule has 0 radical (unpaired) electrons. The van der Waals surface area contributed by atoms with E-state index >= 15 is 0 Å². The summed E-state index contributed by atoms with van der Waals surface area (Å²) in [5.41, 5.74) is 1.43. The van der Waals surface area contributed by atoms with Gasteiger partial charge in [-0.2, -0.15) is 5.26 Å². The van der Waals surface area contributed by atoms with Crippen molar-refractivity contribution in [1.82, 2.24) is 10.3 Å². The van der Waals surface area contributed by atoms with E-state index in [2.05, 4.69) is 15.6 Å². The van der Waals surface area contributed by atoms with E-state index in [9.17, 15) is 14.9 Å². The minimum Gasteiger partial charge on any atom is -0.465 e. The van der Waals surface area contributed by atoms with Gasteiger partial charge in [0.2, 0.25) is 0 Å². The molecule has 1 heterocycles. The highest BCUT2D eigenvalue weighted by Crippen LogP contribution is 2.16. The van der Waals surface area contributed by atoms with Crippen LogP contribution in [0.1, 0.15) is 15.9 Å². The summed E-state index contributed by atoms with van der Waals surface area (Å²) in [6.45, 7) is 0.254. The van der Waals surface area contributed by atoms with Crippen molar-refractivity contribution in [3.63, 3.8) is 0 Å². The zero-order chi connectivity index (χ0) is 18.1. The first-order chi connectivity index (χ1) is 12.2. The van der Waals surface area contributed by atoms with Crippen LogP contribution in [0.5, 0.6) is 0 Å². The molecule has 2 aromatic rings. The van der Waals surface area contributed by atoms with Crippen molar-refractivity contribution in [1.29, 1.82) is 5.26 Å². The molecule has 126 valence electrons. The maximum Gasteiger partial charge on any atom is 0.339 e. The number of para-hydroxylation sites is 1. The van der Waals surface area contributed by atoms with Gasteiger partial charge >= 0.3 is 5.97 Å². The molecule has 7 nitrogen and oxygen atoms in total. The molecule has 2 rings (SSSR count). The molecule has 1 amide bonds. The number of benzene rings is 1. The normalized spacial score (nSPS) is 10.5. The van der Waals surface area contributed by atoms with Gasteiger partial charge in [-0.3, -0.25) is 9.78 Å². The minimum absolute atomic E-state index is 0.122. The van der Waals surface area contributed by atoms with Crippen molar-refractivity contribution in [2.24, 2.45) is 0 Å². The molecule has 0 aliphatic carbocycles. The zero-order valence-corrected chi connectivity index (χ0v) is 13.5. The first-order valence-electron chi connectivity index (χ1n) is 7.37. The molecule has 0 unspecified atom stereocenters. The average Bonchev–Trinajstić information content (AvgIpc) is 2.67. The van der Waals surface area contributed by atoms with Crippen LogP contribution < -0.4 is 10.6 Å². The van der Waals surface area contributed by atoms with Crippen LogP contribution in [0.4, 0.5) is 5.69 Å². The largest absolute Gasteiger partial charge is 0.465 e. The Labute approximate surface area is 145 Å². The maximum absolute atomic E-state index is 12.1. The molecule has 1 aromatic heterocycles. The van der Waals surface area contributed by atoms with Gasteiger partial charge in [-0.05, 0) is 23.8 Å². The fraction of sp³-hybridized carbons (Fsp3) is 0.111. The van der Waals surface area contributed by atoms with Gasteiger partial charge in [-0.1, -0.05) is 18.2 Å². The Morgan fingerprint density at radius 2 is 2.08 bits per heavy atom. The molecule has 0 bridgehead atoms. The lowest BCUT2D eigenvalue weighted by Crippen LogP contribution is -2.24. The zero-order valence-electron chi connectivity index (χ0n) is 13.5. The van der Waals surface area contributed by atoms with Gasteiger partial charge in [0.15, 0.2) is 0 Å². The minimum atomic E-state index is -0.533. The first-order valence-corrected chi connectivity index (χ1v) is 7.37. The van der Waals surface area contributed by atoms with Crippen LogP contribution in [-0.4, -0.2) is 24.0 Å². The van der Waals surface area contributed by atoms with Gasteiger partial charge in [0, 0.05) is 25.1 Å². The maximum atomic E-state index is 12.1. The third-order valence-corrected chi connectivity index (χ3v) is 3.25. The molecule has 0 atom stereocenters. The molecule has 1 aromatic carbocycles. The second-order valence-electron chi connectivity index (χ2n) is 4.90. The van der Waals surface area contributed by atoms with Crippen LogP contribution in [0.15, 0.2) is 60.6 Å². The number of nitriles is 1. The monoisotopic (exact) mass is 336 g/mol. The van der Waals surface area contributed by atoms with E-state index in [1.165, 1.54) is 13.3 Å². The quantitative estimate of drug-likeness (QED) is 0.475. The summed E-state index contributed by atoms with van der Waals surface area (Å²) in [6.07, 6.45) is 4.51. The number of rotatable bonds is 6. The number of aromatic nitrogens is 1. The number of ether oxygens (including phenoxy) is 1. The average molecular weight is 336 g/mol. The number of methoxy groups -OCH3 is 1. The Balaban J connectivity index is 2.07. The van der Waals surface area contributed by atoms with Crippen molar-refractivity contribution in [3.8, 4) is 6.07 Å². The summed E-state index contributed by atoms with van der Waals surface area (Å²) in [7, 11) is 1.28. The number of amides is 1. The molecule has 0 saturated carbocycles. The highest BCUT2D eigenvalue weighted by Gasteiger charge is 2.12. The van der Waals surface area contributed by atoms with Crippen LogP contribution >= 0.6 is 0 Å². The van der Waals surface area contributed by atoms with E-state index < -0.39 is 11.9 Å². The molecule has 25 heavy (non-hydrogen) atoms. The smallest absolute Gasteiger partial charge is 0.339 e. The second-order valence-corrected chi connectivity index (χ2v) is 4.90. The molecule has 0 saturated heterocycles. The molecule has 2 N–H and O–H groups in total. The number of esters is 1. The van der Waals surface area contributed by atoms with E-state index in [-0.39, 0.29) is 12.1 Å². The van der Waals surface area contributed by atoms with E-state index in [4.69, 9.17) is 4.74 Å². The summed E-state index contributed by atoms with van der Waals surface area (Å²) >= 11 is 0. The van der Waals surface area contributed by atoms with Crippen molar-refractivity contribution in [2.45, 2.75) is 6.54 Å². The summed E-state index contributed by atoms with van der Waals surface area (Å²) in [6, 6.07) is 12.0. The van der Waals surface area contributed by atoms with Crippen LogP contribution in [0, 0.1) is 11.3 Å². The van der Waals surface area contributed by atoms with Crippen LogP contribution in [0.25, 0.3) is 0 Å². The Bertz CT molecular complexity index is 826. The summed E-state index contributed by atoms with van der Waals surface area (Å²) in [5, 5.41) is 14.6. The lowest BCUT2D eigenvalue weighted by atomic mass is 10.2. The van der Waals surface area contributed by atoms with E-state index in [0.29, 0.717) is 11.3 Å². The number of carbonyl (C=O) groups excluding carboxylic acids is 2. The molecule has 0 fully saturated rings. The van der Waals surface area contributed by atoms with Gasteiger partial charge in [-0.25, -0.2) is 4.79 Å². The molecule has 0 aliphatic rings. The highest BCUT2D eigenvalue weighted by atomic mass is 16.5. The number of pyridine rings is 1. The molecular formula is C18H16N4O3. The Morgan fingerprint density at radius 1 is 1.28 bits per heavy atom. The molecule has 7 heteroatoms. The van der Waals surface area contributed by atoms with E-state index in [0.717, 1.165) is 5.56 Å². The number of hydrogen-bond acceptors (Lipinski definition) is 6. The van der Waals surface area contributed by atoms with Gasteiger partial charge in [0.05, 0.1) is 18.4 Å². The number of nitrogens with zero attached hydrogens (tertiary/aromatic N) is 2. The van der Waals surface area contributed by atoms with E-state index in [1.807, 2.05) is 12.1 Å². The van der Waals surface area contributed by atoms with E-state index in [1.54, 1.807) is 42.7 Å². The van der Waals surface area contributed by atoms with Crippen LogP contribution in [0.2, 0.25) is 0 Å². The second kappa shape index (κ2) is 8.84. The Morgan fingerprint density at radius 3 is 2.76 bits per heavy atom. The van der Waals surface area contributed by atoms with Gasteiger partial charge < -0.3 is 15.4 Å². The molecule has 0 spiro atoms. The Kier molecular flexibility index (Phi) is 6.25. The van der Waals surface area contributed by atoms with Crippen molar-refractivity contribution in [3.05, 3.63) is 71.7 Å². The van der Waals surface area contributed by atoms with Gasteiger partial charge in [0.25, 0.3) is 5.91 Å². The topological polar surface area (TPSA) is 104 Å². The highest BCUT2D eigenvalue weighted by molar-refractivity contribution is 5.98. The van der Waals surface area contributed by atoms with Crippen LogP contribution in [0.3, 0.4) is 0 Å². The standard InChI is InChI=1S/C18H16N4O3/c1-25-18(24)15-6-2-3-7-16(15)21-12-14(9-19)17(23)22-11-13-5-4-8-20-10-13/h2-8,10,12,21H,11H2,1H3,(H,22,23)/b14-12-. The first kappa shape index (κ1) is 17.7. The van der Waals surface area contributed by atoms with Crippen molar-refractivity contribution >= 4 is 17.6 Å². The summed E-state index contributed by atoms with van der Waals surface area (Å²) < 4.78 is 4.70. The van der Waals surface area contributed by atoms with Gasteiger partial charge in [0.1, 0.15) is 11.6 Å². The number of nitrogens with one attached hydrogen (secondary N) is 2. The van der Waals surface area contributed by atoms with Crippen molar-refractivity contribution in [2.75, 3.05) is 12.4 Å². The van der Waals surface area contributed by atoms with Gasteiger partial charge in [-0.15, -0.1) is 0 Å². The fourth-order valence-corrected chi connectivity index (χ4v) is 1.98. The lowest BCUT2D eigenvalue weighted by Gasteiger charge is -2.08. The molecule has 0 aliphatic heterocycles. The third kappa shape index (κ3) is 4.91. The number of anilines is 1. The Hall–Kier alpha value is -3.66. The number of carbonyl (C=O) groups is 2. The van der Waals surface area contributed by atoms with Crippen molar-refractivity contribution < 1.29 is 14.3 Å². The lowest BCUT2D eigenvalue weighted by molar-refractivity contribution is -0.117.